The van der Waals surface area contributed by atoms with Crippen molar-refractivity contribution in [2.45, 2.75) is 27.3 Å². The maximum absolute atomic E-state index is 12.7. The van der Waals surface area contributed by atoms with Crippen LogP contribution in [0, 0.1) is 13.8 Å². The van der Waals surface area contributed by atoms with Crippen LogP contribution in [0.25, 0.3) is 0 Å². The highest BCUT2D eigenvalue weighted by Gasteiger charge is 2.21. The molecule has 106 valence electrons. The number of ketones is 1. The van der Waals surface area contributed by atoms with Crippen LogP contribution in [0.15, 0.2) is 22.8 Å². The smallest absolute Gasteiger partial charge is 0.214 e. The number of ether oxygens (including phenoxy) is 1. The van der Waals surface area contributed by atoms with Crippen LogP contribution in [-0.2, 0) is 6.54 Å². The van der Waals surface area contributed by atoms with Gasteiger partial charge in [0.05, 0.1) is 13.3 Å². The van der Waals surface area contributed by atoms with E-state index in [1.54, 1.807) is 18.0 Å². The Morgan fingerprint density at radius 3 is 2.45 bits per heavy atom. The Morgan fingerprint density at radius 2 is 1.95 bits per heavy atom. The number of aryl methyl sites for hydroxylation is 3. The van der Waals surface area contributed by atoms with Crippen LogP contribution in [0.1, 0.15) is 34.1 Å². The lowest BCUT2D eigenvalue weighted by atomic mass is 10.0. The summed E-state index contributed by atoms with van der Waals surface area (Å²) < 4.78 is 7.93. The molecule has 0 saturated heterocycles. The van der Waals surface area contributed by atoms with E-state index in [0.29, 0.717) is 23.6 Å². The predicted octanol–water partition coefficient (Wildman–Crippen LogP) is 3.52. The molecule has 0 bridgehead atoms. The average molecular weight is 337 g/mol. The number of carbonyl (C=O) groups is 1. The molecule has 4 nitrogen and oxygen atoms in total. The molecule has 2 rings (SSSR count). The Kier molecular flexibility index (Phi) is 4.28. The molecule has 0 radical (unpaired) electrons. The van der Waals surface area contributed by atoms with Gasteiger partial charge < -0.3 is 4.74 Å². The van der Waals surface area contributed by atoms with Crippen LogP contribution in [0.3, 0.4) is 0 Å². The Labute approximate surface area is 126 Å². The van der Waals surface area contributed by atoms with Crippen LogP contribution < -0.4 is 4.74 Å². The topological polar surface area (TPSA) is 44.1 Å². The third-order valence-corrected chi connectivity index (χ3v) is 4.49. The van der Waals surface area contributed by atoms with Gasteiger partial charge in [-0.3, -0.25) is 9.48 Å². The lowest BCUT2D eigenvalue weighted by Gasteiger charge is -2.09. The van der Waals surface area contributed by atoms with Gasteiger partial charge in [-0.2, -0.15) is 5.10 Å². The fraction of sp³-hybridized carbons (Fsp3) is 0.333. The van der Waals surface area contributed by atoms with E-state index < -0.39 is 0 Å². The van der Waals surface area contributed by atoms with Crippen molar-refractivity contribution in [1.82, 2.24) is 9.78 Å². The van der Waals surface area contributed by atoms with Crippen molar-refractivity contribution >= 4 is 21.7 Å². The number of carbonyl (C=O) groups excluding carboxylic acids is 1. The highest BCUT2D eigenvalue weighted by atomic mass is 79.9. The summed E-state index contributed by atoms with van der Waals surface area (Å²) in [7, 11) is 1.55. The Morgan fingerprint density at radius 1 is 1.35 bits per heavy atom. The van der Waals surface area contributed by atoms with Gasteiger partial charge >= 0.3 is 0 Å². The molecule has 1 aromatic heterocycles. The van der Waals surface area contributed by atoms with Crippen molar-refractivity contribution in [3.63, 3.8) is 0 Å². The van der Waals surface area contributed by atoms with Crippen LogP contribution in [0.5, 0.6) is 5.75 Å². The molecule has 0 atom stereocenters. The fourth-order valence-corrected chi connectivity index (χ4v) is 2.43. The van der Waals surface area contributed by atoms with Crippen LogP contribution in [-0.4, -0.2) is 22.7 Å². The molecular formula is C15H17BrN2O2. The number of nitrogens with zero attached hydrogens (tertiary/aromatic N) is 2. The molecule has 5 heteroatoms. The van der Waals surface area contributed by atoms with Gasteiger partial charge in [0, 0.05) is 16.6 Å². The first-order valence-corrected chi connectivity index (χ1v) is 7.20. The minimum atomic E-state index is -0.0695. The maximum atomic E-state index is 12.7. The first-order chi connectivity index (χ1) is 9.49. The first kappa shape index (κ1) is 14.8. The molecule has 0 aliphatic carbocycles. The third kappa shape index (κ3) is 2.50. The summed E-state index contributed by atoms with van der Waals surface area (Å²) in [5.74, 6) is 0.440. The summed E-state index contributed by atoms with van der Waals surface area (Å²) in [6.07, 6.45) is 1.58. The normalized spacial score (nSPS) is 10.7. The number of methoxy groups -OCH3 is 1. The van der Waals surface area contributed by atoms with Gasteiger partial charge in [0.1, 0.15) is 0 Å². The number of hydrogen-bond donors (Lipinski definition) is 0. The third-order valence-electron chi connectivity index (χ3n) is 3.24. The summed E-state index contributed by atoms with van der Waals surface area (Å²) in [6, 6.07) is 3.76. The van der Waals surface area contributed by atoms with Gasteiger partial charge in [0.15, 0.2) is 11.4 Å². The van der Waals surface area contributed by atoms with Gasteiger partial charge in [0.25, 0.3) is 0 Å². The van der Waals surface area contributed by atoms with E-state index in [0.717, 1.165) is 15.6 Å². The van der Waals surface area contributed by atoms with Gasteiger partial charge in [-0.1, -0.05) is 15.9 Å². The molecule has 0 aliphatic heterocycles. The summed E-state index contributed by atoms with van der Waals surface area (Å²) >= 11 is 3.51. The second-order valence-electron chi connectivity index (χ2n) is 4.63. The minimum Gasteiger partial charge on any atom is -0.493 e. The van der Waals surface area contributed by atoms with E-state index in [4.69, 9.17) is 4.74 Å². The lowest BCUT2D eigenvalue weighted by Crippen LogP contribution is -2.12. The van der Waals surface area contributed by atoms with E-state index in [2.05, 4.69) is 21.0 Å². The summed E-state index contributed by atoms with van der Waals surface area (Å²) in [4.78, 5) is 12.7. The second kappa shape index (κ2) is 5.79. The van der Waals surface area contributed by atoms with Crippen molar-refractivity contribution in [2.75, 3.05) is 7.11 Å². The van der Waals surface area contributed by atoms with Crippen molar-refractivity contribution in [3.05, 3.63) is 45.2 Å². The zero-order valence-corrected chi connectivity index (χ0v) is 13.6. The molecule has 0 aliphatic rings. The molecule has 0 fully saturated rings. The maximum Gasteiger partial charge on any atom is 0.214 e. The van der Waals surface area contributed by atoms with Gasteiger partial charge in [-0.25, -0.2) is 0 Å². The highest BCUT2D eigenvalue weighted by Crippen LogP contribution is 2.26. The first-order valence-electron chi connectivity index (χ1n) is 6.40. The quantitative estimate of drug-likeness (QED) is 0.802. The number of hydrogen-bond acceptors (Lipinski definition) is 3. The molecule has 20 heavy (non-hydrogen) atoms. The number of halogens is 1. The van der Waals surface area contributed by atoms with Crippen LogP contribution in [0.2, 0.25) is 0 Å². The van der Waals surface area contributed by atoms with E-state index >= 15 is 0 Å². The van der Waals surface area contributed by atoms with Crippen LogP contribution in [0.4, 0.5) is 0 Å². The molecule has 0 saturated carbocycles. The van der Waals surface area contributed by atoms with E-state index in [1.807, 2.05) is 32.9 Å². The Hall–Kier alpha value is -1.62. The number of rotatable bonds is 4. The molecule has 0 amide bonds. The van der Waals surface area contributed by atoms with Crippen LogP contribution >= 0.6 is 15.9 Å². The monoisotopic (exact) mass is 336 g/mol. The predicted molar refractivity (Wildman–Crippen MR) is 81.5 cm³/mol. The summed E-state index contributed by atoms with van der Waals surface area (Å²) in [5, 5.41) is 4.18. The number of aromatic nitrogens is 2. The molecule has 0 unspecified atom stereocenters. The summed E-state index contributed by atoms with van der Waals surface area (Å²) in [6.45, 7) is 6.52. The molecule has 2 aromatic rings. The van der Waals surface area contributed by atoms with Gasteiger partial charge in [-0.05, 0) is 44.0 Å². The second-order valence-corrected chi connectivity index (χ2v) is 5.42. The van der Waals surface area contributed by atoms with Crippen molar-refractivity contribution in [3.8, 4) is 5.75 Å². The molecule has 1 aromatic carbocycles. The van der Waals surface area contributed by atoms with E-state index in [9.17, 15) is 4.79 Å². The lowest BCUT2D eigenvalue weighted by molar-refractivity contribution is 0.102. The largest absolute Gasteiger partial charge is 0.493 e. The van der Waals surface area contributed by atoms with E-state index in [-0.39, 0.29) is 5.78 Å². The Bertz CT molecular complexity index is 617. The van der Waals surface area contributed by atoms with E-state index in [1.165, 1.54) is 0 Å². The van der Waals surface area contributed by atoms with Crippen molar-refractivity contribution < 1.29 is 9.53 Å². The van der Waals surface area contributed by atoms with Crippen molar-refractivity contribution in [2.24, 2.45) is 0 Å². The average Bonchev–Trinajstić information content (AvgIpc) is 2.86. The zero-order valence-electron chi connectivity index (χ0n) is 12.0. The standard InChI is InChI=1S/C15H17BrN2O2/c1-5-18-14(12(20-4)8-17-18)15(19)11-6-9(2)13(16)10(3)7-11/h6-8H,5H2,1-4H3. The highest BCUT2D eigenvalue weighted by molar-refractivity contribution is 9.10. The van der Waals surface area contributed by atoms with Gasteiger partial charge in [0.2, 0.25) is 5.78 Å². The SMILES string of the molecule is CCn1ncc(OC)c1C(=O)c1cc(C)c(Br)c(C)c1. The molecule has 0 N–H and O–H groups in total. The zero-order chi connectivity index (χ0) is 14.9. The van der Waals surface area contributed by atoms with Gasteiger partial charge in [-0.15, -0.1) is 0 Å². The summed E-state index contributed by atoms with van der Waals surface area (Å²) in [5.41, 5.74) is 3.22. The van der Waals surface area contributed by atoms with Crippen molar-refractivity contribution in [1.29, 1.82) is 0 Å². The molecule has 1 heterocycles. The molecular weight excluding hydrogens is 320 g/mol. The minimum absolute atomic E-state index is 0.0695. The molecule has 0 spiro atoms. The Balaban J connectivity index is 2.54. The fourth-order valence-electron chi connectivity index (χ4n) is 2.20. The number of benzene rings is 1.